The predicted molar refractivity (Wildman–Crippen MR) is 129 cm³/mol. The summed E-state index contributed by atoms with van der Waals surface area (Å²) >= 11 is 0. The van der Waals surface area contributed by atoms with Crippen LogP contribution in [0.15, 0.2) is 0 Å². The molecule has 3 aliphatic rings. The van der Waals surface area contributed by atoms with Crippen molar-refractivity contribution in [3.63, 3.8) is 0 Å². The Morgan fingerprint density at radius 1 is 0.467 bits per heavy atom. The van der Waals surface area contributed by atoms with E-state index < -0.39 is 5.92 Å². The Labute approximate surface area is 188 Å². The molecule has 0 spiro atoms. The average molecular weight is 429 g/mol. The number of halogens is 2. The molecule has 0 aromatic carbocycles. The zero-order valence-electron chi connectivity index (χ0n) is 21.3. The number of alkyl halides is 2. The van der Waals surface area contributed by atoms with Gasteiger partial charge < -0.3 is 0 Å². The molecule has 0 atom stereocenters. The van der Waals surface area contributed by atoms with Gasteiger partial charge in [0.2, 0.25) is 5.92 Å². The molecule has 0 nitrogen and oxygen atoms in total. The normalized spacial score (nSPS) is 24.1. The van der Waals surface area contributed by atoms with Crippen LogP contribution in [0.1, 0.15) is 138 Å². The summed E-state index contributed by atoms with van der Waals surface area (Å²) < 4.78 is 25.3. The average Bonchev–Trinajstić information content (AvgIpc) is 2.99. The molecule has 0 aromatic rings. The van der Waals surface area contributed by atoms with Gasteiger partial charge in [-0.1, -0.05) is 112 Å². The Morgan fingerprint density at radius 3 is 1.03 bits per heavy atom. The van der Waals surface area contributed by atoms with E-state index in [-0.39, 0.29) is 12.8 Å². The SMILES string of the molecule is CC(C)C1CCC(F)(F)CC1.CC(C)C1CCCCC1.CC(C)C1CCCCCC1. The molecule has 0 bridgehead atoms. The Bertz CT molecular complexity index is 389. The van der Waals surface area contributed by atoms with Gasteiger partial charge in [0.05, 0.1) is 0 Å². The molecule has 0 amide bonds. The highest BCUT2D eigenvalue weighted by Crippen LogP contribution is 2.38. The van der Waals surface area contributed by atoms with Crippen molar-refractivity contribution in [1.29, 1.82) is 0 Å². The minimum absolute atomic E-state index is 0.107. The van der Waals surface area contributed by atoms with Gasteiger partial charge in [0.1, 0.15) is 0 Å². The summed E-state index contributed by atoms with van der Waals surface area (Å²) in [6.07, 6.45) is 18.1. The molecule has 0 aromatic heterocycles. The Hall–Kier alpha value is -0.140. The Balaban J connectivity index is 0.000000226. The smallest absolute Gasteiger partial charge is 0.207 e. The van der Waals surface area contributed by atoms with Crippen LogP contribution in [-0.4, -0.2) is 5.92 Å². The summed E-state index contributed by atoms with van der Waals surface area (Å²) in [4.78, 5) is 0. The molecule has 0 radical (unpaired) electrons. The van der Waals surface area contributed by atoms with Crippen molar-refractivity contribution in [1.82, 2.24) is 0 Å². The maximum absolute atomic E-state index is 12.6. The summed E-state index contributed by atoms with van der Waals surface area (Å²) in [6, 6.07) is 0. The number of hydrogen-bond acceptors (Lipinski definition) is 0. The van der Waals surface area contributed by atoms with Crippen molar-refractivity contribution in [2.45, 2.75) is 144 Å². The fourth-order valence-corrected chi connectivity index (χ4v) is 5.51. The van der Waals surface area contributed by atoms with Crippen LogP contribution in [0.5, 0.6) is 0 Å². The van der Waals surface area contributed by atoms with Gasteiger partial charge in [-0.05, 0) is 48.3 Å². The molecule has 0 heterocycles. The lowest BCUT2D eigenvalue weighted by Gasteiger charge is -2.30. The molecule has 0 aliphatic heterocycles. The summed E-state index contributed by atoms with van der Waals surface area (Å²) in [6.45, 7) is 13.7. The van der Waals surface area contributed by atoms with E-state index in [4.69, 9.17) is 0 Å². The zero-order valence-corrected chi connectivity index (χ0v) is 21.3. The van der Waals surface area contributed by atoms with Gasteiger partial charge >= 0.3 is 0 Å². The third-order valence-corrected chi connectivity index (χ3v) is 8.14. The lowest BCUT2D eigenvalue weighted by atomic mass is 9.80. The van der Waals surface area contributed by atoms with E-state index in [0.29, 0.717) is 24.7 Å². The van der Waals surface area contributed by atoms with Gasteiger partial charge in [-0.25, -0.2) is 8.78 Å². The first-order valence-corrected chi connectivity index (χ1v) is 13.5. The highest BCUT2D eigenvalue weighted by Gasteiger charge is 2.35. The van der Waals surface area contributed by atoms with Crippen LogP contribution in [-0.2, 0) is 0 Å². The van der Waals surface area contributed by atoms with Gasteiger partial charge in [-0.2, -0.15) is 0 Å². The molecule has 30 heavy (non-hydrogen) atoms. The molecular formula is C28H54F2. The third kappa shape index (κ3) is 12.0. The van der Waals surface area contributed by atoms with E-state index in [9.17, 15) is 8.78 Å². The maximum atomic E-state index is 12.6. The van der Waals surface area contributed by atoms with Crippen LogP contribution in [0.25, 0.3) is 0 Å². The monoisotopic (exact) mass is 428 g/mol. The summed E-state index contributed by atoms with van der Waals surface area (Å²) in [5.41, 5.74) is 0. The molecule has 0 saturated heterocycles. The van der Waals surface area contributed by atoms with Crippen LogP contribution in [0.4, 0.5) is 8.78 Å². The van der Waals surface area contributed by atoms with E-state index in [0.717, 1.165) is 23.7 Å². The first-order valence-electron chi connectivity index (χ1n) is 13.5. The van der Waals surface area contributed by atoms with Gasteiger partial charge in [0.15, 0.2) is 0 Å². The molecular weight excluding hydrogens is 374 g/mol. The highest BCUT2D eigenvalue weighted by molar-refractivity contribution is 4.78. The minimum Gasteiger partial charge on any atom is -0.207 e. The second-order valence-electron chi connectivity index (χ2n) is 11.6. The quantitative estimate of drug-likeness (QED) is 0.392. The van der Waals surface area contributed by atoms with E-state index in [1.54, 1.807) is 0 Å². The molecule has 3 rings (SSSR count). The largest absolute Gasteiger partial charge is 0.248 e. The second kappa shape index (κ2) is 14.8. The van der Waals surface area contributed by atoms with Crippen molar-refractivity contribution in [2.24, 2.45) is 35.5 Å². The molecule has 2 heteroatoms. The van der Waals surface area contributed by atoms with Crippen LogP contribution in [0.3, 0.4) is 0 Å². The summed E-state index contributed by atoms with van der Waals surface area (Å²) in [5, 5.41) is 0. The molecule has 3 saturated carbocycles. The van der Waals surface area contributed by atoms with Crippen molar-refractivity contribution in [3.05, 3.63) is 0 Å². The summed E-state index contributed by atoms with van der Waals surface area (Å²) in [5.74, 6) is 2.72. The Morgan fingerprint density at radius 2 is 0.733 bits per heavy atom. The lowest BCUT2D eigenvalue weighted by Crippen LogP contribution is -2.26. The van der Waals surface area contributed by atoms with Crippen molar-refractivity contribution in [3.8, 4) is 0 Å². The number of hydrogen-bond donors (Lipinski definition) is 0. The van der Waals surface area contributed by atoms with Crippen LogP contribution < -0.4 is 0 Å². The van der Waals surface area contributed by atoms with Crippen molar-refractivity contribution in [2.75, 3.05) is 0 Å². The van der Waals surface area contributed by atoms with E-state index in [1.165, 1.54) is 70.6 Å². The van der Waals surface area contributed by atoms with Gasteiger partial charge in [-0.3, -0.25) is 0 Å². The lowest BCUT2D eigenvalue weighted by molar-refractivity contribution is -0.0504. The number of rotatable bonds is 3. The van der Waals surface area contributed by atoms with E-state index in [1.807, 2.05) is 0 Å². The fraction of sp³-hybridized carbons (Fsp3) is 1.00. The van der Waals surface area contributed by atoms with Crippen molar-refractivity contribution < 1.29 is 8.78 Å². The maximum Gasteiger partial charge on any atom is 0.248 e. The molecule has 0 unspecified atom stereocenters. The zero-order chi connectivity index (χ0) is 22.6. The first-order chi connectivity index (χ1) is 14.1. The van der Waals surface area contributed by atoms with Gasteiger partial charge in [0.25, 0.3) is 0 Å². The molecule has 3 fully saturated rings. The highest BCUT2D eigenvalue weighted by atomic mass is 19.3. The third-order valence-electron chi connectivity index (χ3n) is 8.14. The Kier molecular flexibility index (Phi) is 13.8. The van der Waals surface area contributed by atoms with E-state index >= 15 is 0 Å². The van der Waals surface area contributed by atoms with Crippen LogP contribution in [0.2, 0.25) is 0 Å². The molecule has 0 N–H and O–H groups in total. The van der Waals surface area contributed by atoms with E-state index in [2.05, 4.69) is 41.5 Å². The molecule has 3 aliphatic carbocycles. The second-order valence-corrected chi connectivity index (χ2v) is 11.6. The fourth-order valence-electron chi connectivity index (χ4n) is 5.51. The first kappa shape index (κ1) is 27.9. The standard InChI is InChI=1S/C10H20.C9H16F2.C9H18/c1-9(2)10-7-5-3-4-6-8-10;1-7(2)8-3-5-9(10,11)6-4-8;1-8(2)9-6-4-3-5-7-9/h9-10H,3-8H2,1-2H3;7-8H,3-6H2,1-2H3;8-9H,3-7H2,1-2H3. The van der Waals surface area contributed by atoms with Crippen LogP contribution >= 0.6 is 0 Å². The van der Waals surface area contributed by atoms with Crippen molar-refractivity contribution >= 4 is 0 Å². The van der Waals surface area contributed by atoms with Gasteiger partial charge in [0, 0.05) is 12.8 Å². The molecule has 180 valence electrons. The van der Waals surface area contributed by atoms with Crippen LogP contribution in [0, 0.1) is 35.5 Å². The predicted octanol–water partition coefficient (Wildman–Crippen LogP) is 10.3. The summed E-state index contributed by atoms with van der Waals surface area (Å²) in [7, 11) is 0. The minimum atomic E-state index is -2.36. The van der Waals surface area contributed by atoms with Gasteiger partial charge in [-0.15, -0.1) is 0 Å². The topological polar surface area (TPSA) is 0 Å².